The summed E-state index contributed by atoms with van der Waals surface area (Å²) >= 11 is 0. The van der Waals surface area contributed by atoms with E-state index >= 15 is 0 Å². The Morgan fingerprint density at radius 1 is 0.787 bits per heavy atom. The largest absolute Gasteiger partial charge is 0.444 e. The predicted octanol–water partition coefficient (Wildman–Crippen LogP) is 7.44. The van der Waals surface area contributed by atoms with Crippen LogP contribution in [0.3, 0.4) is 0 Å². The van der Waals surface area contributed by atoms with E-state index in [2.05, 4.69) is 81.4 Å². The van der Waals surface area contributed by atoms with Gasteiger partial charge in [-0.15, -0.1) is 0 Å². The number of rotatable bonds is 10. The number of hydrogen-bond donors (Lipinski definition) is 1. The standard InChI is InChI=1S/C40H50N2O4Si/c1-39(2,3)45-38(43)41-30-33(46-47(40(4,5)6,34-23-15-9-16-24-34)35-25-17-10-18-26-35)28-36(41)37(27-31-19-11-7-12-20-31)42(44)29-32-21-13-8-14-22-32/h7-26,33,36-37,44H,27-30H2,1-6H3/t33-,36+,37-/m1/s1. The van der Waals surface area contributed by atoms with E-state index in [-0.39, 0.29) is 23.3 Å². The summed E-state index contributed by atoms with van der Waals surface area (Å²) in [5.74, 6) is 0. The Kier molecular flexibility index (Phi) is 10.7. The van der Waals surface area contributed by atoms with E-state index in [9.17, 15) is 10.0 Å². The molecule has 5 rings (SSSR count). The molecule has 4 aromatic rings. The lowest BCUT2D eigenvalue weighted by molar-refractivity contribution is -0.150. The highest BCUT2D eigenvalue weighted by molar-refractivity contribution is 6.99. The van der Waals surface area contributed by atoms with Crippen molar-refractivity contribution in [2.24, 2.45) is 0 Å². The van der Waals surface area contributed by atoms with Gasteiger partial charge in [0.2, 0.25) is 0 Å². The number of nitrogens with zero attached hydrogens (tertiary/aromatic N) is 2. The van der Waals surface area contributed by atoms with Crippen LogP contribution in [0.2, 0.25) is 5.04 Å². The second-order valence-electron chi connectivity index (χ2n) is 14.7. The van der Waals surface area contributed by atoms with Gasteiger partial charge in [0, 0.05) is 13.1 Å². The molecule has 248 valence electrons. The first kappa shape index (κ1) is 34.6. The van der Waals surface area contributed by atoms with Gasteiger partial charge in [0.1, 0.15) is 5.60 Å². The Bertz CT molecular complexity index is 1520. The van der Waals surface area contributed by atoms with Crippen molar-refractivity contribution in [3.05, 3.63) is 132 Å². The molecule has 0 aromatic heterocycles. The minimum atomic E-state index is -2.91. The Morgan fingerprint density at radius 3 is 1.72 bits per heavy atom. The van der Waals surface area contributed by atoms with Gasteiger partial charge >= 0.3 is 6.09 Å². The molecule has 1 amide bonds. The van der Waals surface area contributed by atoms with E-state index in [0.29, 0.717) is 25.9 Å². The lowest BCUT2D eigenvalue weighted by Crippen LogP contribution is -2.67. The van der Waals surface area contributed by atoms with Crippen LogP contribution in [-0.4, -0.2) is 59.9 Å². The number of hydrogen-bond acceptors (Lipinski definition) is 5. The van der Waals surface area contributed by atoms with Crippen molar-refractivity contribution in [1.29, 1.82) is 0 Å². The van der Waals surface area contributed by atoms with Gasteiger partial charge in [-0.05, 0) is 60.2 Å². The molecule has 0 radical (unpaired) electrons. The van der Waals surface area contributed by atoms with E-state index in [1.54, 1.807) is 0 Å². The lowest BCUT2D eigenvalue weighted by atomic mass is 9.96. The van der Waals surface area contributed by atoms with Crippen LogP contribution in [0.4, 0.5) is 4.79 Å². The molecule has 0 aliphatic carbocycles. The van der Waals surface area contributed by atoms with Gasteiger partial charge in [0.05, 0.1) is 18.2 Å². The quantitative estimate of drug-likeness (QED) is 0.143. The summed E-state index contributed by atoms with van der Waals surface area (Å²) in [7, 11) is -2.91. The van der Waals surface area contributed by atoms with Gasteiger partial charge in [-0.2, -0.15) is 5.06 Å². The van der Waals surface area contributed by atoms with Crippen molar-refractivity contribution in [2.45, 2.75) is 89.8 Å². The summed E-state index contributed by atoms with van der Waals surface area (Å²) in [6.45, 7) is 13.2. The van der Waals surface area contributed by atoms with Gasteiger partial charge in [0.15, 0.2) is 0 Å². The zero-order chi connectivity index (χ0) is 33.7. The van der Waals surface area contributed by atoms with E-state index < -0.39 is 20.0 Å². The molecule has 1 aliphatic rings. The molecular formula is C40H50N2O4Si. The van der Waals surface area contributed by atoms with Crippen LogP contribution < -0.4 is 10.4 Å². The fourth-order valence-corrected chi connectivity index (χ4v) is 11.6. The monoisotopic (exact) mass is 650 g/mol. The molecule has 6 nitrogen and oxygen atoms in total. The molecule has 7 heteroatoms. The summed E-state index contributed by atoms with van der Waals surface area (Å²) in [5, 5.41) is 15.4. The Morgan fingerprint density at radius 2 is 1.26 bits per heavy atom. The van der Waals surface area contributed by atoms with Crippen LogP contribution in [0.25, 0.3) is 0 Å². The third-order valence-electron chi connectivity index (χ3n) is 9.00. The summed E-state index contributed by atoms with van der Waals surface area (Å²) in [4.78, 5) is 15.8. The van der Waals surface area contributed by atoms with E-state index in [1.165, 1.54) is 15.4 Å². The average molecular weight is 651 g/mol. The fraction of sp³-hybridized carbons (Fsp3) is 0.375. The molecule has 47 heavy (non-hydrogen) atoms. The number of likely N-dealkylation sites (tertiary alicyclic amines) is 1. The first-order valence-corrected chi connectivity index (χ1v) is 18.6. The molecule has 3 atom stereocenters. The van der Waals surface area contributed by atoms with E-state index in [4.69, 9.17) is 9.16 Å². The van der Waals surface area contributed by atoms with E-state index in [0.717, 1.165) is 11.1 Å². The Labute approximate surface area is 282 Å². The molecule has 4 aromatic carbocycles. The highest BCUT2D eigenvalue weighted by Crippen LogP contribution is 2.40. The van der Waals surface area contributed by atoms with Crippen LogP contribution in [0.5, 0.6) is 0 Å². The number of benzene rings is 4. The number of amides is 1. The number of ether oxygens (including phenoxy) is 1. The highest BCUT2D eigenvalue weighted by Gasteiger charge is 2.54. The Balaban J connectivity index is 1.57. The number of carbonyl (C=O) groups excluding carboxylic acids is 1. The van der Waals surface area contributed by atoms with Crippen molar-refractivity contribution in [3.63, 3.8) is 0 Å². The zero-order valence-electron chi connectivity index (χ0n) is 28.7. The minimum absolute atomic E-state index is 0.218. The molecule has 1 heterocycles. The van der Waals surface area contributed by atoms with Crippen molar-refractivity contribution in [1.82, 2.24) is 9.96 Å². The van der Waals surface area contributed by atoms with Crippen molar-refractivity contribution in [2.75, 3.05) is 6.54 Å². The second-order valence-corrected chi connectivity index (χ2v) is 18.9. The molecule has 1 N–H and O–H groups in total. The van der Waals surface area contributed by atoms with Crippen LogP contribution in [-0.2, 0) is 22.1 Å². The molecule has 1 aliphatic heterocycles. The van der Waals surface area contributed by atoms with Crippen LogP contribution in [0.1, 0.15) is 59.1 Å². The number of carbonyl (C=O) groups is 1. The minimum Gasteiger partial charge on any atom is -0.444 e. The fourth-order valence-electron chi connectivity index (χ4n) is 6.93. The number of hydroxylamine groups is 2. The van der Waals surface area contributed by atoms with Crippen molar-refractivity contribution in [3.8, 4) is 0 Å². The smallest absolute Gasteiger partial charge is 0.410 e. The first-order valence-electron chi connectivity index (χ1n) is 16.7. The van der Waals surface area contributed by atoms with Crippen LogP contribution in [0, 0.1) is 0 Å². The van der Waals surface area contributed by atoms with Crippen molar-refractivity contribution >= 4 is 24.8 Å². The SMILES string of the molecule is CC(C)(C)OC(=O)N1C[C@H](O[Si](c2ccccc2)(c2ccccc2)C(C)(C)C)C[C@H]1[C@@H](Cc1ccccc1)N(O)Cc1ccccc1. The van der Waals surface area contributed by atoms with Crippen LogP contribution in [0.15, 0.2) is 121 Å². The first-order chi connectivity index (χ1) is 22.4. The maximum atomic E-state index is 14.0. The third kappa shape index (κ3) is 8.22. The van der Waals surface area contributed by atoms with Crippen LogP contribution >= 0.6 is 0 Å². The normalized spacial score (nSPS) is 17.9. The molecular weight excluding hydrogens is 601 g/mol. The maximum Gasteiger partial charge on any atom is 0.410 e. The molecule has 1 saturated heterocycles. The van der Waals surface area contributed by atoms with E-state index in [1.807, 2.05) is 86.3 Å². The zero-order valence-corrected chi connectivity index (χ0v) is 29.7. The maximum absolute atomic E-state index is 14.0. The van der Waals surface area contributed by atoms with Crippen molar-refractivity contribution < 1.29 is 19.2 Å². The summed E-state index contributed by atoms with van der Waals surface area (Å²) < 4.78 is 13.6. The van der Waals surface area contributed by atoms with Gasteiger partial charge in [-0.3, -0.25) is 0 Å². The average Bonchev–Trinajstić information content (AvgIpc) is 3.46. The second kappa shape index (κ2) is 14.6. The molecule has 0 bridgehead atoms. The molecule has 1 fully saturated rings. The summed E-state index contributed by atoms with van der Waals surface area (Å²) in [6, 6.07) is 40.6. The topological polar surface area (TPSA) is 62.2 Å². The highest BCUT2D eigenvalue weighted by atomic mass is 28.4. The molecule has 0 spiro atoms. The van der Waals surface area contributed by atoms with Gasteiger partial charge < -0.3 is 19.3 Å². The third-order valence-corrected chi connectivity index (χ3v) is 14.1. The van der Waals surface area contributed by atoms with Gasteiger partial charge in [0.25, 0.3) is 8.32 Å². The Hall–Kier alpha value is -3.75. The molecule has 0 unspecified atom stereocenters. The predicted molar refractivity (Wildman–Crippen MR) is 192 cm³/mol. The lowest BCUT2D eigenvalue weighted by Gasteiger charge is -2.44. The summed E-state index contributed by atoms with van der Waals surface area (Å²) in [6.07, 6.45) is 0.456. The molecule has 0 saturated carbocycles. The van der Waals surface area contributed by atoms with Gasteiger partial charge in [-0.25, -0.2) is 4.79 Å². The summed E-state index contributed by atoms with van der Waals surface area (Å²) in [5.41, 5.74) is 1.41. The van der Waals surface area contributed by atoms with Gasteiger partial charge in [-0.1, -0.05) is 142 Å².